The van der Waals surface area contributed by atoms with Crippen molar-refractivity contribution in [3.8, 4) is 5.75 Å². The van der Waals surface area contributed by atoms with Crippen molar-refractivity contribution < 1.29 is 27.8 Å². The van der Waals surface area contributed by atoms with E-state index in [2.05, 4.69) is 35.0 Å². The number of alkyl halides is 3. The number of halogens is 3. The number of para-hydroxylation sites is 1. The molecule has 0 aliphatic carbocycles. The summed E-state index contributed by atoms with van der Waals surface area (Å²) in [5.74, 6) is -1.91. The van der Waals surface area contributed by atoms with Crippen LogP contribution in [0, 0.1) is 0 Å². The van der Waals surface area contributed by atoms with Gasteiger partial charge in [-0.05, 0) is 19.2 Å². The molecule has 0 atom stereocenters. The van der Waals surface area contributed by atoms with Gasteiger partial charge in [0.2, 0.25) is 0 Å². The minimum absolute atomic E-state index is 0.850. The van der Waals surface area contributed by atoms with Crippen molar-refractivity contribution in [2.45, 2.75) is 12.7 Å². The van der Waals surface area contributed by atoms with Gasteiger partial charge in [-0.15, -0.1) is 0 Å². The summed E-state index contributed by atoms with van der Waals surface area (Å²) < 4.78 is 37.1. The van der Waals surface area contributed by atoms with E-state index < -0.39 is 12.1 Å². The standard InChI is InChI=1S/C16H21N3O.C2HF3O2/c1-18-8-10-19(11-9-18)12-14-7-6-13-4-3-5-15(20-2)16(13)17-14;3-2(4,5)1(6)7/h3-7H,8-12H2,1-2H3;(H,6,7). The van der Waals surface area contributed by atoms with Crippen LogP contribution in [0.5, 0.6) is 5.75 Å². The second-order valence-electron chi connectivity index (χ2n) is 6.22. The lowest BCUT2D eigenvalue weighted by atomic mass is 10.2. The van der Waals surface area contributed by atoms with Crippen LogP contribution in [0.3, 0.4) is 0 Å². The molecule has 9 heteroatoms. The Balaban J connectivity index is 0.000000321. The van der Waals surface area contributed by atoms with Gasteiger partial charge in [-0.1, -0.05) is 18.2 Å². The predicted octanol–water partition coefficient (Wildman–Crippen LogP) is 2.62. The molecule has 1 N–H and O–H groups in total. The third kappa shape index (κ3) is 6.07. The topological polar surface area (TPSA) is 65.9 Å². The molecule has 1 aliphatic heterocycles. The fraction of sp³-hybridized carbons (Fsp3) is 0.444. The summed E-state index contributed by atoms with van der Waals surface area (Å²) in [6.07, 6.45) is -5.08. The van der Waals surface area contributed by atoms with Gasteiger partial charge < -0.3 is 14.7 Å². The average Bonchev–Trinajstić information content (AvgIpc) is 2.63. The lowest BCUT2D eigenvalue weighted by molar-refractivity contribution is -0.192. The molecule has 1 aliphatic rings. The summed E-state index contributed by atoms with van der Waals surface area (Å²) in [5.41, 5.74) is 2.08. The number of carboxylic acid groups (broad SMARTS) is 1. The largest absolute Gasteiger partial charge is 0.494 e. The molecule has 2 aromatic rings. The smallest absolute Gasteiger partial charge is 0.490 e. The number of rotatable bonds is 3. The molecule has 2 heterocycles. The van der Waals surface area contributed by atoms with Crippen molar-refractivity contribution in [1.82, 2.24) is 14.8 Å². The van der Waals surface area contributed by atoms with Gasteiger partial charge in [-0.2, -0.15) is 13.2 Å². The Morgan fingerprint density at radius 2 is 1.81 bits per heavy atom. The Bertz CT molecular complexity index is 775. The number of likely N-dealkylation sites (N-methyl/N-ethyl adjacent to an activating group) is 1. The molecule has 1 aromatic carbocycles. The Morgan fingerprint density at radius 1 is 1.19 bits per heavy atom. The highest BCUT2D eigenvalue weighted by Crippen LogP contribution is 2.24. The molecule has 0 radical (unpaired) electrons. The summed E-state index contributed by atoms with van der Waals surface area (Å²) in [5, 5.41) is 8.26. The number of aliphatic carboxylic acids is 1. The first kappa shape index (κ1) is 20.9. The van der Waals surface area contributed by atoms with E-state index in [9.17, 15) is 13.2 Å². The predicted molar refractivity (Wildman–Crippen MR) is 94.8 cm³/mol. The number of aromatic nitrogens is 1. The Morgan fingerprint density at radius 3 is 2.37 bits per heavy atom. The number of carbonyl (C=O) groups is 1. The van der Waals surface area contributed by atoms with Crippen LogP contribution in [0.4, 0.5) is 13.2 Å². The van der Waals surface area contributed by atoms with Gasteiger partial charge in [0.05, 0.1) is 12.8 Å². The van der Waals surface area contributed by atoms with Crippen molar-refractivity contribution in [3.05, 3.63) is 36.0 Å². The van der Waals surface area contributed by atoms with E-state index >= 15 is 0 Å². The zero-order valence-corrected chi connectivity index (χ0v) is 15.2. The van der Waals surface area contributed by atoms with Gasteiger partial charge in [0.1, 0.15) is 11.3 Å². The summed E-state index contributed by atoms with van der Waals surface area (Å²) in [6, 6.07) is 10.3. The summed E-state index contributed by atoms with van der Waals surface area (Å²) in [6.45, 7) is 5.42. The molecule has 3 rings (SSSR count). The minimum atomic E-state index is -5.08. The summed E-state index contributed by atoms with van der Waals surface area (Å²) in [4.78, 5) is 18.5. The molecular formula is C18H22F3N3O3. The van der Waals surface area contributed by atoms with E-state index in [1.165, 1.54) is 0 Å². The van der Waals surface area contributed by atoms with E-state index in [0.29, 0.717) is 0 Å². The lowest BCUT2D eigenvalue weighted by Gasteiger charge is -2.32. The van der Waals surface area contributed by atoms with Crippen molar-refractivity contribution in [3.63, 3.8) is 0 Å². The zero-order valence-electron chi connectivity index (χ0n) is 15.2. The highest BCUT2D eigenvalue weighted by atomic mass is 19.4. The quantitative estimate of drug-likeness (QED) is 0.876. The number of carboxylic acids is 1. The number of hydrogen-bond acceptors (Lipinski definition) is 5. The lowest BCUT2D eigenvalue weighted by Crippen LogP contribution is -2.44. The Hall–Kier alpha value is -2.39. The molecule has 0 unspecified atom stereocenters. The first-order chi connectivity index (χ1) is 12.7. The maximum absolute atomic E-state index is 10.6. The van der Waals surface area contributed by atoms with Crippen molar-refractivity contribution in [1.29, 1.82) is 0 Å². The minimum Gasteiger partial charge on any atom is -0.494 e. The van der Waals surface area contributed by atoms with Crippen LogP contribution in [0.15, 0.2) is 30.3 Å². The first-order valence-corrected chi connectivity index (χ1v) is 8.34. The number of piperazine rings is 1. The maximum Gasteiger partial charge on any atom is 0.490 e. The van der Waals surface area contributed by atoms with E-state index in [4.69, 9.17) is 19.6 Å². The molecule has 1 aromatic heterocycles. The van der Waals surface area contributed by atoms with Crippen LogP contribution in [0.2, 0.25) is 0 Å². The van der Waals surface area contributed by atoms with E-state index in [0.717, 1.165) is 55.1 Å². The number of methoxy groups -OCH3 is 1. The van der Waals surface area contributed by atoms with Crippen LogP contribution in [0.25, 0.3) is 10.9 Å². The number of nitrogens with zero attached hydrogens (tertiary/aromatic N) is 3. The SMILES string of the molecule is COc1cccc2ccc(CN3CCN(C)CC3)nc12.O=C(O)C(F)(F)F. The van der Waals surface area contributed by atoms with Crippen molar-refractivity contribution in [2.24, 2.45) is 0 Å². The molecule has 0 bridgehead atoms. The Labute approximate surface area is 155 Å². The second-order valence-corrected chi connectivity index (χ2v) is 6.22. The van der Waals surface area contributed by atoms with Gasteiger partial charge in [0, 0.05) is 38.1 Å². The summed E-state index contributed by atoms with van der Waals surface area (Å²) >= 11 is 0. The van der Waals surface area contributed by atoms with E-state index in [-0.39, 0.29) is 0 Å². The molecule has 0 spiro atoms. The van der Waals surface area contributed by atoms with Crippen LogP contribution in [-0.2, 0) is 11.3 Å². The molecule has 0 saturated carbocycles. The van der Waals surface area contributed by atoms with Crippen LogP contribution < -0.4 is 4.74 Å². The molecular weight excluding hydrogens is 363 g/mol. The first-order valence-electron chi connectivity index (χ1n) is 8.34. The van der Waals surface area contributed by atoms with Crippen LogP contribution in [-0.4, -0.2) is 72.4 Å². The fourth-order valence-corrected chi connectivity index (χ4v) is 2.65. The second kappa shape index (κ2) is 9.01. The van der Waals surface area contributed by atoms with Gasteiger partial charge in [0.15, 0.2) is 0 Å². The average molecular weight is 385 g/mol. The van der Waals surface area contributed by atoms with Gasteiger partial charge in [0.25, 0.3) is 0 Å². The normalized spacial score (nSPS) is 15.9. The van der Waals surface area contributed by atoms with Crippen LogP contribution >= 0.6 is 0 Å². The van der Waals surface area contributed by atoms with E-state index in [1.807, 2.05) is 12.1 Å². The third-order valence-corrected chi connectivity index (χ3v) is 4.18. The maximum atomic E-state index is 10.6. The molecule has 148 valence electrons. The summed E-state index contributed by atoms with van der Waals surface area (Å²) in [7, 11) is 3.88. The highest BCUT2D eigenvalue weighted by molar-refractivity contribution is 5.84. The number of benzene rings is 1. The molecule has 6 nitrogen and oxygen atoms in total. The number of hydrogen-bond donors (Lipinski definition) is 1. The van der Waals surface area contributed by atoms with Gasteiger partial charge >= 0.3 is 12.1 Å². The number of pyridine rings is 1. The van der Waals surface area contributed by atoms with Gasteiger partial charge in [-0.3, -0.25) is 4.90 Å². The molecule has 1 fully saturated rings. The number of ether oxygens (including phenoxy) is 1. The third-order valence-electron chi connectivity index (χ3n) is 4.18. The monoisotopic (exact) mass is 385 g/mol. The molecule has 1 saturated heterocycles. The molecule has 0 amide bonds. The Kier molecular flexibility index (Phi) is 6.98. The van der Waals surface area contributed by atoms with Crippen molar-refractivity contribution in [2.75, 3.05) is 40.3 Å². The highest BCUT2D eigenvalue weighted by Gasteiger charge is 2.38. The fourth-order valence-electron chi connectivity index (χ4n) is 2.65. The van der Waals surface area contributed by atoms with Crippen molar-refractivity contribution >= 4 is 16.9 Å². The van der Waals surface area contributed by atoms with Crippen LogP contribution in [0.1, 0.15) is 5.69 Å². The van der Waals surface area contributed by atoms with Gasteiger partial charge in [-0.25, -0.2) is 9.78 Å². The van der Waals surface area contributed by atoms with E-state index in [1.54, 1.807) is 7.11 Å². The molecule has 27 heavy (non-hydrogen) atoms. The zero-order chi connectivity index (χ0) is 20.0. The number of fused-ring (bicyclic) bond motifs is 1.